The highest BCUT2D eigenvalue weighted by atomic mass is 35.5. The topological polar surface area (TPSA) is 38.3 Å². The normalized spacial score (nSPS) is 11.7. The fourth-order valence-electron chi connectivity index (χ4n) is 1.93. The minimum absolute atomic E-state index is 0.134. The first-order valence-electron chi connectivity index (χ1n) is 6.33. The van der Waals surface area contributed by atoms with Gasteiger partial charge in [-0.1, -0.05) is 41.9 Å². The molecule has 0 aliphatic carbocycles. The van der Waals surface area contributed by atoms with Gasteiger partial charge in [0.1, 0.15) is 0 Å². The Bertz CT molecular complexity index is 554. The summed E-state index contributed by atoms with van der Waals surface area (Å²) in [5, 5.41) is 4.01. The van der Waals surface area contributed by atoms with E-state index in [0.717, 1.165) is 11.3 Å². The predicted molar refractivity (Wildman–Crippen MR) is 80.9 cm³/mol. The number of halogens is 1. The van der Waals surface area contributed by atoms with E-state index in [1.54, 1.807) is 0 Å². The molecule has 2 aromatic rings. The van der Waals surface area contributed by atoms with Crippen LogP contribution in [0.25, 0.3) is 0 Å². The molecule has 0 saturated carbocycles. The number of methoxy groups -OCH3 is 1. The van der Waals surface area contributed by atoms with Crippen molar-refractivity contribution >= 4 is 23.3 Å². The highest BCUT2D eigenvalue weighted by Gasteiger charge is 2.16. The molecule has 1 N–H and O–H groups in total. The Hall–Kier alpha value is -2.00. The maximum absolute atomic E-state index is 11.6. The summed E-state index contributed by atoms with van der Waals surface area (Å²) in [6.45, 7) is 0. The number of hydrogen-bond acceptors (Lipinski definition) is 3. The summed E-state index contributed by atoms with van der Waals surface area (Å²) in [4.78, 5) is 11.6. The van der Waals surface area contributed by atoms with Crippen molar-refractivity contribution in [3.05, 3.63) is 65.2 Å². The summed E-state index contributed by atoms with van der Waals surface area (Å²) in [5.74, 6) is -0.250. The van der Waals surface area contributed by atoms with E-state index in [-0.39, 0.29) is 18.4 Å². The molecule has 0 amide bonds. The molecule has 0 aliphatic rings. The Kier molecular flexibility index (Phi) is 5.02. The van der Waals surface area contributed by atoms with Crippen molar-refractivity contribution in [3.63, 3.8) is 0 Å². The molecule has 0 heterocycles. The maximum Gasteiger partial charge on any atom is 0.307 e. The van der Waals surface area contributed by atoms with Crippen LogP contribution in [0.2, 0.25) is 5.02 Å². The van der Waals surface area contributed by atoms with E-state index in [1.165, 1.54) is 7.11 Å². The molecule has 0 saturated heterocycles. The summed E-state index contributed by atoms with van der Waals surface area (Å²) in [6, 6.07) is 17.1. The number of hydrogen-bond donors (Lipinski definition) is 1. The van der Waals surface area contributed by atoms with E-state index in [4.69, 9.17) is 16.3 Å². The van der Waals surface area contributed by atoms with Gasteiger partial charge in [-0.05, 0) is 29.8 Å². The van der Waals surface area contributed by atoms with Gasteiger partial charge in [-0.2, -0.15) is 0 Å². The van der Waals surface area contributed by atoms with Crippen LogP contribution in [-0.2, 0) is 9.53 Å². The Morgan fingerprint density at radius 2 is 1.80 bits per heavy atom. The molecule has 0 fully saturated rings. The number of carbonyl (C=O) groups excluding carboxylic acids is 1. The van der Waals surface area contributed by atoms with Gasteiger partial charge in [0.15, 0.2) is 0 Å². The first kappa shape index (κ1) is 14.4. The summed E-state index contributed by atoms with van der Waals surface area (Å²) in [7, 11) is 1.40. The molecule has 0 aliphatic heterocycles. The fraction of sp³-hybridized carbons (Fsp3) is 0.188. The van der Waals surface area contributed by atoms with Crippen LogP contribution in [0.5, 0.6) is 0 Å². The lowest BCUT2D eigenvalue weighted by Crippen LogP contribution is -2.16. The molecule has 0 bridgehead atoms. The van der Waals surface area contributed by atoms with E-state index in [0.29, 0.717) is 5.02 Å². The van der Waals surface area contributed by atoms with E-state index in [1.807, 2.05) is 54.6 Å². The predicted octanol–water partition coefficient (Wildman–Crippen LogP) is 4.06. The van der Waals surface area contributed by atoms with Crippen LogP contribution in [0.15, 0.2) is 54.6 Å². The molecular formula is C16H16ClNO2. The van der Waals surface area contributed by atoms with Crippen molar-refractivity contribution in [2.24, 2.45) is 0 Å². The molecule has 1 atom stereocenters. The van der Waals surface area contributed by atoms with Gasteiger partial charge in [0.25, 0.3) is 0 Å². The monoisotopic (exact) mass is 289 g/mol. The van der Waals surface area contributed by atoms with Gasteiger partial charge in [-0.25, -0.2) is 0 Å². The summed E-state index contributed by atoms with van der Waals surface area (Å²) in [5.41, 5.74) is 1.94. The lowest BCUT2D eigenvalue weighted by atomic mass is 10.0. The van der Waals surface area contributed by atoms with Gasteiger partial charge in [-0.15, -0.1) is 0 Å². The molecular weight excluding hydrogens is 274 g/mol. The number of carbonyl (C=O) groups is 1. The van der Waals surface area contributed by atoms with E-state index in [2.05, 4.69) is 5.32 Å². The van der Waals surface area contributed by atoms with Gasteiger partial charge in [0.2, 0.25) is 0 Å². The standard InChI is InChI=1S/C16H16ClNO2/c1-20-16(19)11-15(12-5-3-2-4-6-12)18-14-9-7-13(17)8-10-14/h2-10,15,18H,11H2,1H3/t15-/m1/s1. The molecule has 4 heteroatoms. The number of anilines is 1. The minimum atomic E-state index is -0.250. The van der Waals surface area contributed by atoms with Crippen LogP contribution in [0, 0.1) is 0 Å². The second-order valence-electron chi connectivity index (χ2n) is 4.39. The van der Waals surface area contributed by atoms with Crippen LogP contribution in [-0.4, -0.2) is 13.1 Å². The van der Waals surface area contributed by atoms with Gasteiger partial charge < -0.3 is 10.1 Å². The van der Waals surface area contributed by atoms with Crippen LogP contribution in [0.4, 0.5) is 5.69 Å². The minimum Gasteiger partial charge on any atom is -0.469 e. The second-order valence-corrected chi connectivity index (χ2v) is 4.83. The number of ether oxygens (including phenoxy) is 1. The average Bonchev–Trinajstić information content (AvgIpc) is 2.49. The van der Waals surface area contributed by atoms with E-state index < -0.39 is 0 Å². The number of nitrogens with one attached hydrogen (secondary N) is 1. The molecule has 0 spiro atoms. The summed E-state index contributed by atoms with van der Waals surface area (Å²) >= 11 is 5.87. The van der Waals surface area contributed by atoms with Crippen molar-refractivity contribution in [3.8, 4) is 0 Å². The van der Waals surface area contributed by atoms with Crippen LogP contribution in [0.1, 0.15) is 18.0 Å². The third kappa shape index (κ3) is 4.00. The zero-order valence-electron chi connectivity index (χ0n) is 11.2. The Morgan fingerprint density at radius 1 is 1.15 bits per heavy atom. The first-order valence-corrected chi connectivity index (χ1v) is 6.70. The first-order chi connectivity index (χ1) is 9.69. The molecule has 104 valence electrons. The number of esters is 1. The lowest BCUT2D eigenvalue weighted by molar-refractivity contribution is -0.140. The lowest BCUT2D eigenvalue weighted by Gasteiger charge is -2.19. The molecule has 2 rings (SSSR count). The summed E-state index contributed by atoms with van der Waals surface area (Å²) in [6.07, 6.45) is 0.267. The third-order valence-electron chi connectivity index (χ3n) is 2.99. The Labute approximate surface area is 123 Å². The van der Waals surface area contributed by atoms with Gasteiger partial charge >= 0.3 is 5.97 Å². The highest BCUT2D eigenvalue weighted by molar-refractivity contribution is 6.30. The van der Waals surface area contributed by atoms with Crippen LogP contribution >= 0.6 is 11.6 Å². The summed E-state index contributed by atoms with van der Waals surface area (Å²) < 4.78 is 4.76. The van der Waals surface area contributed by atoms with E-state index in [9.17, 15) is 4.79 Å². The fourth-order valence-corrected chi connectivity index (χ4v) is 2.06. The van der Waals surface area contributed by atoms with Gasteiger partial charge in [-0.3, -0.25) is 4.79 Å². The van der Waals surface area contributed by atoms with Crippen LogP contribution in [0.3, 0.4) is 0 Å². The third-order valence-corrected chi connectivity index (χ3v) is 3.24. The molecule has 20 heavy (non-hydrogen) atoms. The quantitative estimate of drug-likeness (QED) is 0.844. The van der Waals surface area contributed by atoms with Gasteiger partial charge in [0, 0.05) is 10.7 Å². The van der Waals surface area contributed by atoms with E-state index >= 15 is 0 Å². The Balaban J connectivity index is 2.18. The second kappa shape index (κ2) is 6.96. The molecule has 0 radical (unpaired) electrons. The van der Waals surface area contributed by atoms with Gasteiger partial charge in [0.05, 0.1) is 19.6 Å². The maximum atomic E-state index is 11.6. The molecule has 0 aromatic heterocycles. The van der Waals surface area contributed by atoms with Crippen molar-refractivity contribution in [1.29, 1.82) is 0 Å². The Morgan fingerprint density at radius 3 is 2.40 bits per heavy atom. The smallest absolute Gasteiger partial charge is 0.307 e. The number of rotatable bonds is 5. The highest BCUT2D eigenvalue weighted by Crippen LogP contribution is 2.24. The molecule has 0 unspecified atom stereocenters. The average molecular weight is 290 g/mol. The van der Waals surface area contributed by atoms with Crippen molar-refractivity contribution in [1.82, 2.24) is 0 Å². The largest absolute Gasteiger partial charge is 0.469 e. The molecule has 2 aromatic carbocycles. The molecule has 3 nitrogen and oxygen atoms in total. The SMILES string of the molecule is COC(=O)C[C@@H](Nc1ccc(Cl)cc1)c1ccccc1. The zero-order chi connectivity index (χ0) is 14.4. The number of benzene rings is 2. The van der Waals surface area contributed by atoms with Crippen LogP contribution < -0.4 is 5.32 Å². The van der Waals surface area contributed by atoms with Crippen molar-refractivity contribution < 1.29 is 9.53 Å². The van der Waals surface area contributed by atoms with Crippen molar-refractivity contribution in [2.45, 2.75) is 12.5 Å². The zero-order valence-corrected chi connectivity index (χ0v) is 11.9. The van der Waals surface area contributed by atoms with Crippen molar-refractivity contribution in [2.75, 3.05) is 12.4 Å².